The number of nitrogens with one attached hydrogen (secondary N) is 1. The molecular weight excluding hydrogens is 336 g/mol. The highest BCUT2D eigenvalue weighted by atomic mass is 35.5. The summed E-state index contributed by atoms with van der Waals surface area (Å²) < 4.78 is 0. The van der Waals surface area contributed by atoms with E-state index in [9.17, 15) is 9.59 Å². The molecule has 2 atom stereocenters. The van der Waals surface area contributed by atoms with Crippen LogP contribution in [0, 0.1) is 5.92 Å². The van der Waals surface area contributed by atoms with Crippen LogP contribution >= 0.6 is 11.6 Å². The van der Waals surface area contributed by atoms with Crippen molar-refractivity contribution in [3.8, 4) is 0 Å². The molecule has 5 heteroatoms. The molecule has 3 rings (SSSR count). The fraction of sp³-hybridized carbons (Fsp3) is 0.500. The molecule has 2 aliphatic rings. The van der Waals surface area contributed by atoms with Crippen molar-refractivity contribution in [2.75, 3.05) is 0 Å². The van der Waals surface area contributed by atoms with Crippen LogP contribution < -0.4 is 11.1 Å². The van der Waals surface area contributed by atoms with Crippen molar-refractivity contribution in [3.63, 3.8) is 0 Å². The van der Waals surface area contributed by atoms with E-state index >= 15 is 0 Å². The molecule has 1 saturated carbocycles. The third-order valence-electron chi connectivity index (χ3n) is 5.65. The maximum atomic E-state index is 13.3. The fourth-order valence-corrected chi connectivity index (χ4v) is 4.29. The highest BCUT2D eigenvalue weighted by Crippen LogP contribution is 2.40. The SMILES string of the molecule is NC(=O)[C@@H]1CC=CC[C@H]1NC(=O)C1(c2ccc(Cl)cc2)CCCCC1. The molecule has 4 nitrogen and oxygen atoms in total. The van der Waals surface area contributed by atoms with E-state index in [0.29, 0.717) is 17.9 Å². The van der Waals surface area contributed by atoms with E-state index in [4.69, 9.17) is 17.3 Å². The summed E-state index contributed by atoms with van der Waals surface area (Å²) >= 11 is 6.03. The standard InChI is InChI=1S/C20H25ClN2O2/c21-15-10-8-14(9-11-15)20(12-4-1-5-13-20)19(25)23-17-7-3-2-6-16(17)18(22)24/h2-3,8-11,16-17H,1,4-7,12-13H2,(H2,22,24)(H,23,25)/t16-,17-/m1/s1. The van der Waals surface area contributed by atoms with Crippen LogP contribution in [0.15, 0.2) is 36.4 Å². The molecule has 1 aromatic rings. The molecule has 1 aromatic carbocycles. The van der Waals surface area contributed by atoms with Gasteiger partial charge in [0.1, 0.15) is 0 Å². The van der Waals surface area contributed by atoms with Crippen LogP contribution in [0.5, 0.6) is 0 Å². The summed E-state index contributed by atoms with van der Waals surface area (Å²) in [6.45, 7) is 0. The average molecular weight is 361 g/mol. The number of halogens is 1. The van der Waals surface area contributed by atoms with Gasteiger partial charge in [0.05, 0.1) is 11.3 Å². The Morgan fingerprint density at radius 2 is 1.68 bits per heavy atom. The maximum absolute atomic E-state index is 13.3. The normalized spacial score (nSPS) is 25.3. The number of carbonyl (C=O) groups is 2. The molecule has 2 aliphatic carbocycles. The number of amides is 2. The second-order valence-electron chi connectivity index (χ2n) is 7.18. The summed E-state index contributed by atoms with van der Waals surface area (Å²) in [5.74, 6) is -0.667. The predicted molar refractivity (Wildman–Crippen MR) is 99.2 cm³/mol. The zero-order valence-electron chi connectivity index (χ0n) is 14.3. The van der Waals surface area contributed by atoms with Crippen molar-refractivity contribution in [2.45, 2.75) is 56.4 Å². The summed E-state index contributed by atoms with van der Waals surface area (Å²) in [5, 5.41) is 3.82. The number of primary amides is 1. The van der Waals surface area contributed by atoms with E-state index in [1.54, 1.807) is 0 Å². The van der Waals surface area contributed by atoms with E-state index in [1.165, 1.54) is 0 Å². The lowest BCUT2D eigenvalue weighted by Gasteiger charge is -2.39. The van der Waals surface area contributed by atoms with Crippen LogP contribution in [0.2, 0.25) is 5.02 Å². The predicted octanol–water partition coefficient (Wildman–Crippen LogP) is 3.48. The van der Waals surface area contributed by atoms with Gasteiger partial charge in [-0.15, -0.1) is 0 Å². The third kappa shape index (κ3) is 3.74. The fourth-order valence-electron chi connectivity index (χ4n) is 4.17. The van der Waals surface area contributed by atoms with E-state index in [-0.39, 0.29) is 23.8 Å². The highest BCUT2D eigenvalue weighted by Gasteiger charge is 2.42. The molecule has 1 fully saturated rings. The third-order valence-corrected chi connectivity index (χ3v) is 5.90. The van der Waals surface area contributed by atoms with Crippen LogP contribution in [-0.4, -0.2) is 17.9 Å². The first-order chi connectivity index (χ1) is 12.0. The average Bonchev–Trinajstić information content (AvgIpc) is 2.63. The summed E-state index contributed by atoms with van der Waals surface area (Å²) in [5.41, 5.74) is 6.01. The van der Waals surface area contributed by atoms with Crippen molar-refractivity contribution in [1.29, 1.82) is 0 Å². The summed E-state index contributed by atoms with van der Waals surface area (Å²) in [6.07, 6.45) is 10.1. The molecular formula is C20H25ClN2O2. The molecule has 0 spiro atoms. The lowest BCUT2D eigenvalue weighted by atomic mass is 9.68. The monoisotopic (exact) mass is 360 g/mol. The maximum Gasteiger partial charge on any atom is 0.230 e. The second-order valence-corrected chi connectivity index (χ2v) is 7.62. The van der Waals surface area contributed by atoms with Crippen molar-refractivity contribution < 1.29 is 9.59 Å². The van der Waals surface area contributed by atoms with Gasteiger partial charge in [-0.25, -0.2) is 0 Å². The van der Waals surface area contributed by atoms with E-state index in [0.717, 1.165) is 37.7 Å². The van der Waals surface area contributed by atoms with Crippen molar-refractivity contribution in [2.24, 2.45) is 11.7 Å². The highest BCUT2D eigenvalue weighted by molar-refractivity contribution is 6.30. The number of benzene rings is 1. The number of nitrogens with two attached hydrogens (primary N) is 1. The summed E-state index contributed by atoms with van der Waals surface area (Å²) in [4.78, 5) is 25.1. The molecule has 134 valence electrons. The smallest absolute Gasteiger partial charge is 0.230 e. The topological polar surface area (TPSA) is 72.2 Å². The van der Waals surface area contributed by atoms with Gasteiger partial charge in [0.15, 0.2) is 0 Å². The first-order valence-electron chi connectivity index (χ1n) is 9.04. The molecule has 0 aliphatic heterocycles. The van der Waals surface area contributed by atoms with Gasteiger partial charge in [-0.1, -0.05) is 55.1 Å². The van der Waals surface area contributed by atoms with E-state index in [1.807, 2.05) is 36.4 Å². The number of hydrogen-bond acceptors (Lipinski definition) is 2. The van der Waals surface area contributed by atoms with Gasteiger partial charge in [0.25, 0.3) is 0 Å². The van der Waals surface area contributed by atoms with Crippen LogP contribution in [0.3, 0.4) is 0 Å². The Labute approximate surface area is 153 Å². The lowest BCUT2D eigenvalue weighted by Crippen LogP contribution is -2.53. The molecule has 0 aromatic heterocycles. The Kier molecular flexibility index (Phi) is 5.48. The van der Waals surface area contributed by atoms with Crippen LogP contribution in [0.25, 0.3) is 0 Å². The lowest BCUT2D eigenvalue weighted by molar-refractivity contribution is -0.130. The first-order valence-corrected chi connectivity index (χ1v) is 9.42. The number of rotatable bonds is 4. The Balaban J connectivity index is 1.86. The van der Waals surface area contributed by atoms with E-state index in [2.05, 4.69) is 5.32 Å². The van der Waals surface area contributed by atoms with Crippen molar-refractivity contribution in [3.05, 3.63) is 47.0 Å². The zero-order valence-corrected chi connectivity index (χ0v) is 15.1. The first kappa shape index (κ1) is 18.0. The molecule has 0 unspecified atom stereocenters. The largest absolute Gasteiger partial charge is 0.369 e. The Morgan fingerprint density at radius 1 is 1.04 bits per heavy atom. The minimum Gasteiger partial charge on any atom is -0.369 e. The Hall–Kier alpha value is -1.81. The van der Waals surface area contributed by atoms with Crippen LogP contribution in [-0.2, 0) is 15.0 Å². The van der Waals surface area contributed by atoms with Gasteiger partial charge in [-0.2, -0.15) is 0 Å². The minimum atomic E-state index is -0.536. The minimum absolute atomic E-state index is 0.0149. The second kappa shape index (κ2) is 7.61. The summed E-state index contributed by atoms with van der Waals surface area (Å²) in [6, 6.07) is 7.38. The van der Waals surface area contributed by atoms with E-state index < -0.39 is 5.41 Å². The summed E-state index contributed by atoms with van der Waals surface area (Å²) in [7, 11) is 0. The zero-order chi connectivity index (χ0) is 17.9. The molecule has 0 bridgehead atoms. The Bertz CT molecular complexity index is 663. The van der Waals surface area contributed by atoms with Crippen LogP contribution in [0.4, 0.5) is 0 Å². The van der Waals surface area contributed by atoms with Crippen molar-refractivity contribution in [1.82, 2.24) is 5.32 Å². The van der Waals surface area contributed by atoms with Crippen LogP contribution in [0.1, 0.15) is 50.5 Å². The van der Waals surface area contributed by atoms with Gasteiger partial charge in [0, 0.05) is 11.1 Å². The van der Waals surface area contributed by atoms with Crippen molar-refractivity contribution >= 4 is 23.4 Å². The van der Waals surface area contributed by atoms with Gasteiger partial charge < -0.3 is 11.1 Å². The van der Waals surface area contributed by atoms with Gasteiger partial charge in [-0.05, 0) is 43.4 Å². The number of carbonyl (C=O) groups excluding carboxylic acids is 2. The molecule has 3 N–H and O–H groups in total. The van der Waals surface area contributed by atoms with Gasteiger partial charge in [0.2, 0.25) is 11.8 Å². The molecule has 0 saturated heterocycles. The van der Waals surface area contributed by atoms with Gasteiger partial charge >= 0.3 is 0 Å². The molecule has 0 radical (unpaired) electrons. The number of allylic oxidation sites excluding steroid dienone is 1. The molecule has 0 heterocycles. The number of hydrogen-bond donors (Lipinski definition) is 2. The quantitative estimate of drug-likeness (QED) is 0.807. The molecule has 2 amide bonds. The Morgan fingerprint density at radius 3 is 2.32 bits per heavy atom. The molecule has 25 heavy (non-hydrogen) atoms. The van der Waals surface area contributed by atoms with Gasteiger partial charge in [-0.3, -0.25) is 9.59 Å².